The predicted octanol–water partition coefficient (Wildman–Crippen LogP) is 4.76. The molecule has 9 heteroatoms. The fourth-order valence-corrected chi connectivity index (χ4v) is 4.58. The molecule has 0 fully saturated rings. The monoisotopic (exact) mass is 486 g/mol. The summed E-state index contributed by atoms with van der Waals surface area (Å²) in [5, 5.41) is 13.4. The van der Waals surface area contributed by atoms with Crippen molar-refractivity contribution in [1.82, 2.24) is 30.1 Å². The molecule has 0 radical (unpaired) electrons. The lowest BCUT2D eigenvalue weighted by Gasteiger charge is -2.30. The Morgan fingerprint density at radius 3 is 2.69 bits per heavy atom. The molecule has 2 aromatic carbocycles. The summed E-state index contributed by atoms with van der Waals surface area (Å²) in [5.41, 5.74) is 3.28. The summed E-state index contributed by atoms with van der Waals surface area (Å²) in [6.45, 7) is 5.28. The number of para-hydroxylation sites is 1. The van der Waals surface area contributed by atoms with Crippen LogP contribution >= 0.6 is 0 Å². The van der Waals surface area contributed by atoms with Crippen molar-refractivity contribution in [2.45, 2.75) is 45.9 Å². The molecule has 36 heavy (non-hydrogen) atoms. The van der Waals surface area contributed by atoms with Gasteiger partial charge in [0.2, 0.25) is 0 Å². The molecule has 0 saturated heterocycles. The maximum atomic E-state index is 13.6. The number of hydrogen-bond acceptors (Lipinski definition) is 6. The highest BCUT2D eigenvalue weighted by atomic mass is 19.1. The summed E-state index contributed by atoms with van der Waals surface area (Å²) < 4.78 is 20.8. The number of rotatable bonds is 9. The van der Waals surface area contributed by atoms with Crippen molar-refractivity contribution in [3.63, 3.8) is 0 Å². The quantitative estimate of drug-likeness (QED) is 0.323. The van der Waals surface area contributed by atoms with Crippen molar-refractivity contribution in [1.29, 1.82) is 0 Å². The van der Waals surface area contributed by atoms with E-state index in [1.54, 1.807) is 23.1 Å². The number of aromatic nitrogens is 5. The predicted molar refractivity (Wildman–Crippen MR) is 134 cm³/mol. The Kier molecular flexibility index (Phi) is 6.73. The van der Waals surface area contributed by atoms with E-state index in [-0.39, 0.29) is 17.4 Å². The van der Waals surface area contributed by atoms with Crippen LogP contribution in [-0.4, -0.2) is 30.1 Å². The molecule has 3 aromatic heterocycles. The lowest BCUT2D eigenvalue weighted by molar-refractivity contribution is 0.161. The number of fused-ring (bicyclic) bond motifs is 1. The fraction of sp³-hybridized carbons (Fsp3) is 0.259. The van der Waals surface area contributed by atoms with Gasteiger partial charge in [0.15, 0.2) is 5.82 Å². The van der Waals surface area contributed by atoms with Crippen LogP contribution in [0.2, 0.25) is 0 Å². The second-order valence-corrected chi connectivity index (χ2v) is 8.89. The SMILES string of the molecule is CCC(c1nnnn1Cc1ccco1)N(Cc1ccc(F)cc1)Cc1cc2cccc(C)c2[nH]c1=O. The van der Waals surface area contributed by atoms with Crippen molar-refractivity contribution in [2.24, 2.45) is 0 Å². The van der Waals surface area contributed by atoms with E-state index in [1.807, 2.05) is 43.3 Å². The molecule has 1 atom stereocenters. The summed E-state index contributed by atoms with van der Waals surface area (Å²) in [6.07, 6.45) is 2.32. The van der Waals surface area contributed by atoms with Gasteiger partial charge in [0.05, 0.1) is 17.8 Å². The number of furan rings is 1. The number of aryl methyl sites for hydroxylation is 1. The van der Waals surface area contributed by atoms with E-state index in [9.17, 15) is 9.18 Å². The lowest BCUT2D eigenvalue weighted by Crippen LogP contribution is -2.32. The highest BCUT2D eigenvalue weighted by Gasteiger charge is 2.26. The summed E-state index contributed by atoms with van der Waals surface area (Å²) in [5.74, 6) is 1.12. The van der Waals surface area contributed by atoms with Crippen LogP contribution in [0.15, 0.2) is 76.1 Å². The number of nitrogens with one attached hydrogen (secondary N) is 1. The molecule has 0 saturated carbocycles. The van der Waals surface area contributed by atoms with Crippen LogP contribution in [-0.2, 0) is 19.6 Å². The normalized spacial score (nSPS) is 12.4. The van der Waals surface area contributed by atoms with E-state index in [0.717, 1.165) is 27.8 Å². The summed E-state index contributed by atoms with van der Waals surface area (Å²) >= 11 is 0. The van der Waals surface area contributed by atoms with Crippen LogP contribution in [0.1, 0.15) is 47.7 Å². The average molecular weight is 487 g/mol. The van der Waals surface area contributed by atoms with Crippen LogP contribution in [0.3, 0.4) is 0 Å². The van der Waals surface area contributed by atoms with Crippen LogP contribution in [0.25, 0.3) is 10.9 Å². The average Bonchev–Trinajstić information content (AvgIpc) is 3.55. The minimum absolute atomic E-state index is 0.133. The third kappa shape index (κ3) is 4.96. The first kappa shape index (κ1) is 23.6. The van der Waals surface area contributed by atoms with Crippen molar-refractivity contribution in [2.75, 3.05) is 0 Å². The molecule has 0 aliphatic heterocycles. The second kappa shape index (κ2) is 10.2. The molecule has 1 unspecified atom stereocenters. The molecule has 5 rings (SSSR count). The van der Waals surface area contributed by atoms with Crippen molar-refractivity contribution < 1.29 is 8.81 Å². The molecule has 0 spiro atoms. The molecule has 0 aliphatic rings. The Hall–Kier alpha value is -4.11. The largest absolute Gasteiger partial charge is 0.467 e. The van der Waals surface area contributed by atoms with Gasteiger partial charge < -0.3 is 9.40 Å². The standard InChI is InChI=1S/C27H27FN6O2/c1-3-24(26-30-31-32-34(26)17-23-8-5-13-36-23)33(15-19-9-11-22(28)12-10-19)16-21-14-20-7-4-6-18(2)25(20)29-27(21)35/h4-14,24H,3,15-17H2,1-2H3,(H,29,35). The molecule has 184 valence electrons. The number of benzene rings is 2. The van der Waals surface area contributed by atoms with E-state index in [0.29, 0.717) is 37.4 Å². The Morgan fingerprint density at radius 1 is 1.11 bits per heavy atom. The fourth-order valence-electron chi connectivity index (χ4n) is 4.58. The topological polar surface area (TPSA) is 92.8 Å². The number of H-pyrrole nitrogens is 1. The van der Waals surface area contributed by atoms with Gasteiger partial charge >= 0.3 is 0 Å². The number of tetrazole rings is 1. The first-order valence-electron chi connectivity index (χ1n) is 11.9. The molecule has 5 aromatic rings. The van der Waals surface area contributed by atoms with Crippen molar-refractivity contribution in [3.8, 4) is 0 Å². The van der Waals surface area contributed by atoms with Gasteiger partial charge in [-0.15, -0.1) is 5.10 Å². The van der Waals surface area contributed by atoms with Crippen molar-refractivity contribution >= 4 is 10.9 Å². The van der Waals surface area contributed by atoms with Gasteiger partial charge in [-0.2, -0.15) is 0 Å². The Balaban J connectivity index is 1.53. The molecule has 0 bridgehead atoms. The first-order valence-corrected chi connectivity index (χ1v) is 11.9. The molecular weight excluding hydrogens is 459 g/mol. The molecule has 1 N–H and O–H groups in total. The Labute approximate surface area is 207 Å². The number of hydrogen-bond donors (Lipinski definition) is 1. The molecular formula is C27H27FN6O2. The second-order valence-electron chi connectivity index (χ2n) is 8.89. The highest BCUT2D eigenvalue weighted by Crippen LogP contribution is 2.27. The summed E-state index contributed by atoms with van der Waals surface area (Å²) in [7, 11) is 0. The molecule has 8 nitrogen and oxygen atoms in total. The first-order chi connectivity index (χ1) is 17.5. The zero-order valence-electron chi connectivity index (χ0n) is 20.2. The molecule has 3 heterocycles. The maximum absolute atomic E-state index is 13.6. The van der Waals surface area contributed by atoms with Crippen LogP contribution < -0.4 is 5.56 Å². The minimum Gasteiger partial charge on any atom is -0.467 e. The van der Waals surface area contributed by atoms with Gasteiger partial charge in [0.25, 0.3) is 5.56 Å². The van der Waals surface area contributed by atoms with Gasteiger partial charge in [-0.25, -0.2) is 9.07 Å². The maximum Gasteiger partial charge on any atom is 0.252 e. The van der Waals surface area contributed by atoms with Gasteiger partial charge in [-0.1, -0.05) is 37.3 Å². The Morgan fingerprint density at radius 2 is 1.94 bits per heavy atom. The summed E-state index contributed by atoms with van der Waals surface area (Å²) in [4.78, 5) is 18.3. The zero-order chi connectivity index (χ0) is 25.1. The third-order valence-electron chi connectivity index (χ3n) is 6.41. The number of aromatic amines is 1. The van der Waals surface area contributed by atoms with Gasteiger partial charge in [0.1, 0.15) is 18.1 Å². The van der Waals surface area contributed by atoms with Gasteiger partial charge in [-0.05, 0) is 70.6 Å². The lowest BCUT2D eigenvalue weighted by atomic mass is 10.1. The smallest absolute Gasteiger partial charge is 0.252 e. The van der Waals surface area contributed by atoms with Gasteiger partial charge in [0, 0.05) is 18.7 Å². The number of nitrogens with zero attached hydrogens (tertiary/aromatic N) is 5. The third-order valence-corrected chi connectivity index (χ3v) is 6.41. The number of pyridine rings is 1. The van der Waals surface area contributed by atoms with Gasteiger partial charge in [-0.3, -0.25) is 9.69 Å². The molecule has 0 amide bonds. The van der Waals surface area contributed by atoms with Crippen LogP contribution in [0, 0.1) is 12.7 Å². The minimum atomic E-state index is -0.291. The zero-order valence-corrected chi connectivity index (χ0v) is 20.2. The van der Waals surface area contributed by atoms with Crippen molar-refractivity contribution in [3.05, 3.63) is 111 Å². The highest BCUT2D eigenvalue weighted by molar-refractivity contribution is 5.81. The summed E-state index contributed by atoms with van der Waals surface area (Å²) in [6, 6.07) is 17.8. The van der Waals surface area contributed by atoms with E-state index in [4.69, 9.17) is 4.42 Å². The Bertz CT molecular complexity index is 1510. The van der Waals surface area contributed by atoms with Crippen LogP contribution in [0.5, 0.6) is 0 Å². The van der Waals surface area contributed by atoms with E-state index in [2.05, 4.69) is 32.3 Å². The number of halogens is 1. The van der Waals surface area contributed by atoms with Crippen LogP contribution in [0.4, 0.5) is 4.39 Å². The van der Waals surface area contributed by atoms with E-state index < -0.39 is 0 Å². The van der Waals surface area contributed by atoms with E-state index >= 15 is 0 Å². The van der Waals surface area contributed by atoms with E-state index in [1.165, 1.54) is 12.1 Å². The molecule has 0 aliphatic carbocycles.